The number of methoxy groups -OCH3 is 1. The third-order valence-corrected chi connectivity index (χ3v) is 6.46. The van der Waals surface area contributed by atoms with Crippen LogP contribution < -0.4 is 10.1 Å². The van der Waals surface area contributed by atoms with Crippen LogP contribution in [0.1, 0.15) is 24.4 Å². The Kier molecular flexibility index (Phi) is 6.37. The highest BCUT2D eigenvalue weighted by Crippen LogP contribution is 2.51. The van der Waals surface area contributed by atoms with Crippen LogP contribution in [0, 0.1) is 11.8 Å². The Labute approximate surface area is 177 Å². The van der Waals surface area contributed by atoms with E-state index in [1.807, 2.05) is 6.26 Å². The number of benzene rings is 1. The van der Waals surface area contributed by atoms with Crippen molar-refractivity contribution in [2.24, 2.45) is 11.8 Å². The van der Waals surface area contributed by atoms with Gasteiger partial charge < -0.3 is 14.9 Å². The maximum Gasteiger partial charge on any atom is 0.325 e. The number of ether oxygens (including phenoxy) is 1. The predicted octanol–water partition coefficient (Wildman–Crippen LogP) is 0.992. The largest absolute Gasteiger partial charge is 0.496 e. The minimum absolute atomic E-state index is 0.174. The van der Waals surface area contributed by atoms with Gasteiger partial charge in [0, 0.05) is 18.2 Å². The average Bonchev–Trinajstić information content (AvgIpc) is 3.17. The first-order valence-corrected chi connectivity index (χ1v) is 10.9. The zero-order valence-electron chi connectivity index (χ0n) is 16.7. The van der Waals surface area contributed by atoms with E-state index in [4.69, 9.17) is 4.74 Å². The van der Waals surface area contributed by atoms with Crippen molar-refractivity contribution in [3.8, 4) is 5.75 Å². The molecule has 0 saturated carbocycles. The normalized spacial score (nSPS) is 27.9. The van der Waals surface area contributed by atoms with Crippen molar-refractivity contribution in [2.45, 2.75) is 24.4 Å². The van der Waals surface area contributed by atoms with Crippen molar-refractivity contribution in [3.63, 3.8) is 0 Å². The van der Waals surface area contributed by atoms with Gasteiger partial charge in [0.1, 0.15) is 11.3 Å². The van der Waals surface area contributed by atoms with Crippen LogP contribution in [-0.2, 0) is 19.2 Å². The number of para-hydroxylation sites is 1. The molecule has 10 heteroatoms. The number of aliphatic carboxylic acids is 2. The predicted molar refractivity (Wildman–Crippen MR) is 108 cm³/mol. The number of likely N-dealkylation sites (tertiary alicyclic amines) is 1. The van der Waals surface area contributed by atoms with Crippen LogP contribution in [0.3, 0.4) is 0 Å². The maximum atomic E-state index is 13.2. The molecule has 2 amide bonds. The maximum absolute atomic E-state index is 13.2. The SMILES string of the molecule is COc1ccccc1C1NC(CC(=O)O)(C(=O)O)C2C(=O)N(CCCSC)C(=O)C12. The lowest BCUT2D eigenvalue weighted by molar-refractivity contribution is -0.156. The number of fused-ring (bicyclic) bond motifs is 1. The molecule has 9 nitrogen and oxygen atoms in total. The molecule has 0 aliphatic carbocycles. The summed E-state index contributed by atoms with van der Waals surface area (Å²) in [6.45, 7) is 0.174. The number of nitrogens with zero attached hydrogens (tertiary/aromatic N) is 1. The number of nitrogens with one attached hydrogen (secondary N) is 1. The molecular weight excluding hydrogens is 412 g/mol. The van der Waals surface area contributed by atoms with Gasteiger partial charge in [-0.15, -0.1) is 0 Å². The molecule has 162 valence electrons. The lowest BCUT2D eigenvalue weighted by atomic mass is 9.77. The first-order chi connectivity index (χ1) is 14.3. The van der Waals surface area contributed by atoms with E-state index in [2.05, 4.69) is 5.32 Å². The van der Waals surface area contributed by atoms with Crippen LogP contribution >= 0.6 is 11.8 Å². The minimum atomic E-state index is -2.09. The molecule has 0 spiro atoms. The van der Waals surface area contributed by atoms with Crippen molar-refractivity contribution >= 4 is 35.5 Å². The molecule has 2 fully saturated rings. The molecule has 4 unspecified atom stereocenters. The lowest BCUT2D eigenvalue weighted by Gasteiger charge is -2.30. The van der Waals surface area contributed by atoms with Gasteiger partial charge in [0.15, 0.2) is 0 Å². The van der Waals surface area contributed by atoms with E-state index in [1.165, 1.54) is 7.11 Å². The molecule has 4 atom stereocenters. The minimum Gasteiger partial charge on any atom is -0.496 e. The van der Waals surface area contributed by atoms with E-state index < -0.39 is 53.6 Å². The van der Waals surface area contributed by atoms with E-state index in [0.29, 0.717) is 17.7 Å². The highest BCUT2D eigenvalue weighted by atomic mass is 32.2. The van der Waals surface area contributed by atoms with Gasteiger partial charge in [0.25, 0.3) is 0 Å². The average molecular weight is 436 g/mol. The van der Waals surface area contributed by atoms with Gasteiger partial charge in [0.05, 0.1) is 25.4 Å². The van der Waals surface area contributed by atoms with Gasteiger partial charge in [-0.05, 0) is 24.5 Å². The number of rotatable bonds is 9. The summed E-state index contributed by atoms with van der Waals surface area (Å²) in [5.74, 6) is -5.15. The molecule has 2 aliphatic rings. The van der Waals surface area contributed by atoms with Crippen molar-refractivity contribution < 1.29 is 34.1 Å². The number of carboxylic acids is 2. The van der Waals surface area contributed by atoms with Crippen LogP contribution in [0.2, 0.25) is 0 Å². The van der Waals surface area contributed by atoms with Crippen molar-refractivity contribution in [3.05, 3.63) is 29.8 Å². The van der Waals surface area contributed by atoms with Gasteiger partial charge >= 0.3 is 11.9 Å². The van der Waals surface area contributed by atoms with Gasteiger partial charge in [0.2, 0.25) is 11.8 Å². The first-order valence-electron chi connectivity index (χ1n) is 9.48. The van der Waals surface area contributed by atoms with Crippen molar-refractivity contribution in [2.75, 3.05) is 25.7 Å². The number of carbonyl (C=O) groups is 4. The summed E-state index contributed by atoms with van der Waals surface area (Å²) in [4.78, 5) is 51.4. The van der Waals surface area contributed by atoms with Crippen molar-refractivity contribution in [1.82, 2.24) is 10.2 Å². The molecule has 1 aromatic rings. The molecule has 2 saturated heterocycles. The fourth-order valence-electron chi connectivity index (χ4n) is 4.51. The highest BCUT2D eigenvalue weighted by molar-refractivity contribution is 7.98. The Morgan fingerprint density at radius 1 is 1.23 bits per heavy atom. The molecular formula is C20H24N2O7S. The number of hydrogen-bond acceptors (Lipinski definition) is 7. The lowest BCUT2D eigenvalue weighted by Crippen LogP contribution is -2.57. The summed E-state index contributed by atoms with van der Waals surface area (Å²) in [5, 5.41) is 22.3. The summed E-state index contributed by atoms with van der Waals surface area (Å²) in [6, 6.07) is 5.92. The Morgan fingerprint density at radius 2 is 1.93 bits per heavy atom. The summed E-state index contributed by atoms with van der Waals surface area (Å²) < 4.78 is 5.37. The smallest absolute Gasteiger partial charge is 0.325 e. The standard InChI is InChI=1S/C20H24N2O7S/c1-29-12-7-4-3-6-11(12)16-14-15(20(21-16,19(27)28)10-13(23)24)18(26)22(17(14)25)8-5-9-30-2/h3-4,6-7,14-16,21H,5,8-10H2,1-2H3,(H,23,24)(H,27,28). The van der Waals surface area contributed by atoms with Gasteiger partial charge in [-0.2, -0.15) is 11.8 Å². The molecule has 2 heterocycles. The van der Waals surface area contributed by atoms with E-state index in [9.17, 15) is 29.4 Å². The fourth-order valence-corrected chi connectivity index (χ4v) is 4.93. The number of thioether (sulfide) groups is 1. The quantitative estimate of drug-likeness (QED) is 0.383. The summed E-state index contributed by atoms with van der Waals surface area (Å²) >= 11 is 1.57. The molecule has 0 aromatic heterocycles. The zero-order chi connectivity index (χ0) is 22.1. The summed E-state index contributed by atoms with van der Waals surface area (Å²) in [6.07, 6.45) is 1.66. The Hall–Kier alpha value is -2.59. The monoisotopic (exact) mass is 436 g/mol. The van der Waals surface area contributed by atoms with Gasteiger partial charge in [-0.25, -0.2) is 0 Å². The van der Waals surface area contributed by atoms with Crippen molar-refractivity contribution in [1.29, 1.82) is 0 Å². The van der Waals surface area contributed by atoms with Crippen LogP contribution in [0.5, 0.6) is 5.75 Å². The van der Waals surface area contributed by atoms with Crippen LogP contribution in [0.25, 0.3) is 0 Å². The number of carbonyl (C=O) groups excluding carboxylic acids is 2. The second-order valence-electron chi connectivity index (χ2n) is 7.39. The fraction of sp³-hybridized carbons (Fsp3) is 0.500. The highest BCUT2D eigenvalue weighted by Gasteiger charge is 2.69. The Bertz CT molecular complexity index is 876. The van der Waals surface area contributed by atoms with E-state index in [1.54, 1.807) is 36.0 Å². The van der Waals surface area contributed by atoms with Crippen LogP contribution in [0.15, 0.2) is 24.3 Å². The van der Waals surface area contributed by atoms with E-state index in [-0.39, 0.29) is 6.54 Å². The van der Waals surface area contributed by atoms with Gasteiger partial charge in [-0.3, -0.25) is 29.4 Å². The van der Waals surface area contributed by atoms with Crippen LogP contribution in [-0.4, -0.2) is 70.1 Å². The third-order valence-electron chi connectivity index (χ3n) is 5.76. The van der Waals surface area contributed by atoms with Gasteiger partial charge in [-0.1, -0.05) is 18.2 Å². The molecule has 2 aliphatic heterocycles. The molecule has 0 radical (unpaired) electrons. The molecule has 3 rings (SSSR count). The third kappa shape index (κ3) is 3.54. The second-order valence-corrected chi connectivity index (χ2v) is 8.37. The zero-order valence-corrected chi connectivity index (χ0v) is 17.5. The van der Waals surface area contributed by atoms with E-state index >= 15 is 0 Å². The van der Waals surface area contributed by atoms with Crippen LogP contribution in [0.4, 0.5) is 0 Å². The molecule has 1 aromatic carbocycles. The topological polar surface area (TPSA) is 133 Å². The number of hydrogen-bond donors (Lipinski definition) is 3. The summed E-state index contributed by atoms with van der Waals surface area (Å²) in [5.41, 5.74) is -1.58. The Balaban J connectivity index is 2.11. The number of imide groups is 1. The van der Waals surface area contributed by atoms with E-state index in [0.717, 1.165) is 10.7 Å². The molecule has 3 N–H and O–H groups in total. The number of carboxylic acid groups (broad SMARTS) is 2. The molecule has 30 heavy (non-hydrogen) atoms. The first kappa shape index (κ1) is 22.1. The second kappa shape index (κ2) is 8.65. The number of amides is 2. The molecule has 0 bridgehead atoms. The Morgan fingerprint density at radius 3 is 2.53 bits per heavy atom. The summed E-state index contributed by atoms with van der Waals surface area (Å²) in [7, 11) is 1.45.